The molecule has 154 valence electrons. The van der Waals surface area contributed by atoms with Crippen molar-refractivity contribution in [1.29, 1.82) is 0 Å². The molecule has 3 aromatic rings. The summed E-state index contributed by atoms with van der Waals surface area (Å²) in [5.74, 6) is -0.892. The first-order chi connectivity index (χ1) is 14.5. The fraction of sp³-hybridized carbons (Fsp3) is 0.143. The standard InChI is InChI=1S/C21H18FN3O5/c1-28-17-7-6-15(11-18(17)29-2)25-20(26)19-16(23-8-9-24-19)12-30-21(27)13-4-3-5-14(22)10-13/h3-11H,12H2,1-2H3,(H,25,26). The van der Waals surface area contributed by atoms with Crippen LogP contribution in [0.2, 0.25) is 0 Å². The predicted molar refractivity (Wildman–Crippen MR) is 105 cm³/mol. The summed E-state index contributed by atoms with van der Waals surface area (Å²) < 4.78 is 28.8. The average molecular weight is 411 g/mol. The zero-order valence-electron chi connectivity index (χ0n) is 16.2. The molecule has 0 aliphatic rings. The fourth-order valence-electron chi connectivity index (χ4n) is 2.60. The van der Waals surface area contributed by atoms with Gasteiger partial charge in [-0.3, -0.25) is 9.78 Å². The molecule has 0 bridgehead atoms. The maximum atomic E-state index is 13.3. The van der Waals surface area contributed by atoms with Gasteiger partial charge in [0.25, 0.3) is 5.91 Å². The van der Waals surface area contributed by atoms with Crippen molar-refractivity contribution in [1.82, 2.24) is 9.97 Å². The Morgan fingerprint density at radius 1 is 1.00 bits per heavy atom. The topological polar surface area (TPSA) is 99.6 Å². The van der Waals surface area contributed by atoms with E-state index in [1.165, 1.54) is 44.8 Å². The number of ether oxygens (including phenoxy) is 3. The number of carbonyl (C=O) groups excluding carboxylic acids is 2. The molecule has 8 nitrogen and oxygen atoms in total. The highest BCUT2D eigenvalue weighted by Gasteiger charge is 2.17. The van der Waals surface area contributed by atoms with Crippen LogP contribution in [0.25, 0.3) is 0 Å². The second kappa shape index (κ2) is 9.46. The van der Waals surface area contributed by atoms with E-state index in [2.05, 4.69) is 15.3 Å². The number of halogens is 1. The molecule has 1 aromatic heterocycles. The molecular formula is C21H18FN3O5. The number of amides is 1. The van der Waals surface area contributed by atoms with Crippen molar-refractivity contribution in [2.24, 2.45) is 0 Å². The third-order valence-electron chi connectivity index (χ3n) is 4.03. The van der Waals surface area contributed by atoms with Gasteiger partial charge in [0.2, 0.25) is 0 Å². The number of esters is 1. The number of carbonyl (C=O) groups is 2. The molecule has 30 heavy (non-hydrogen) atoms. The zero-order chi connectivity index (χ0) is 21.5. The summed E-state index contributed by atoms with van der Waals surface area (Å²) in [5.41, 5.74) is 0.640. The summed E-state index contributed by atoms with van der Waals surface area (Å²) in [4.78, 5) is 32.9. The third-order valence-corrected chi connectivity index (χ3v) is 4.03. The van der Waals surface area contributed by atoms with Crippen LogP contribution in [0, 0.1) is 5.82 Å². The smallest absolute Gasteiger partial charge is 0.338 e. The van der Waals surface area contributed by atoms with Gasteiger partial charge in [0.05, 0.1) is 19.8 Å². The van der Waals surface area contributed by atoms with Gasteiger partial charge in [-0.1, -0.05) is 6.07 Å². The first-order valence-electron chi connectivity index (χ1n) is 8.77. The summed E-state index contributed by atoms with van der Waals surface area (Å²) in [6.07, 6.45) is 2.72. The van der Waals surface area contributed by atoms with Crippen LogP contribution in [0.5, 0.6) is 11.5 Å². The van der Waals surface area contributed by atoms with Crippen molar-refractivity contribution in [2.45, 2.75) is 6.61 Å². The third kappa shape index (κ3) is 4.88. The molecule has 0 saturated heterocycles. The molecular weight excluding hydrogens is 393 g/mol. The molecule has 0 saturated carbocycles. The van der Waals surface area contributed by atoms with Gasteiger partial charge in [-0.2, -0.15) is 0 Å². The van der Waals surface area contributed by atoms with Crippen LogP contribution in [0.3, 0.4) is 0 Å². The van der Waals surface area contributed by atoms with Crippen LogP contribution in [0.4, 0.5) is 10.1 Å². The Morgan fingerprint density at radius 3 is 2.50 bits per heavy atom. The van der Waals surface area contributed by atoms with Crippen molar-refractivity contribution in [3.05, 3.63) is 77.6 Å². The number of hydrogen-bond donors (Lipinski definition) is 1. The van der Waals surface area contributed by atoms with Crippen LogP contribution in [0.1, 0.15) is 26.5 Å². The Balaban J connectivity index is 1.73. The molecule has 1 amide bonds. The summed E-state index contributed by atoms with van der Waals surface area (Å²) in [6, 6.07) is 9.98. The molecule has 0 unspecified atom stereocenters. The highest BCUT2D eigenvalue weighted by atomic mass is 19.1. The SMILES string of the molecule is COc1ccc(NC(=O)c2nccnc2COC(=O)c2cccc(F)c2)cc1OC. The van der Waals surface area contributed by atoms with E-state index < -0.39 is 17.7 Å². The quantitative estimate of drug-likeness (QED) is 0.596. The average Bonchev–Trinajstić information content (AvgIpc) is 2.77. The van der Waals surface area contributed by atoms with Crippen LogP contribution in [-0.2, 0) is 11.3 Å². The molecule has 1 N–H and O–H groups in total. The predicted octanol–water partition coefficient (Wildman–Crippen LogP) is 3.24. The van der Waals surface area contributed by atoms with E-state index in [0.717, 1.165) is 6.07 Å². The minimum Gasteiger partial charge on any atom is -0.493 e. The first kappa shape index (κ1) is 20.7. The van der Waals surface area contributed by atoms with E-state index in [9.17, 15) is 14.0 Å². The number of anilines is 1. The molecule has 0 spiro atoms. The van der Waals surface area contributed by atoms with Gasteiger partial charge < -0.3 is 19.5 Å². The Bertz CT molecular complexity index is 1070. The highest BCUT2D eigenvalue weighted by Crippen LogP contribution is 2.29. The van der Waals surface area contributed by atoms with E-state index in [0.29, 0.717) is 17.2 Å². The van der Waals surface area contributed by atoms with Gasteiger partial charge in [-0.05, 0) is 30.3 Å². The summed E-state index contributed by atoms with van der Waals surface area (Å²) in [5, 5.41) is 2.68. The van der Waals surface area contributed by atoms with Crippen molar-refractivity contribution < 1.29 is 28.2 Å². The molecule has 1 heterocycles. The Morgan fingerprint density at radius 2 is 1.77 bits per heavy atom. The number of aromatic nitrogens is 2. The Hall–Kier alpha value is -4.01. The largest absolute Gasteiger partial charge is 0.493 e. The number of hydrogen-bond acceptors (Lipinski definition) is 7. The maximum Gasteiger partial charge on any atom is 0.338 e. The summed E-state index contributed by atoms with van der Waals surface area (Å²) >= 11 is 0. The van der Waals surface area contributed by atoms with Crippen LogP contribution in [0.15, 0.2) is 54.9 Å². The molecule has 0 atom stereocenters. The van der Waals surface area contributed by atoms with Crippen molar-refractivity contribution in [2.75, 3.05) is 19.5 Å². The monoisotopic (exact) mass is 411 g/mol. The lowest BCUT2D eigenvalue weighted by Crippen LogP contribution is -2.18. The van der Waals surface area contributed by atoms with Crippen LogP contribution < -0.4 is 14.8 Å². The summed E-state index contributed by atoms with van der Waals surface area (Å²) in [6.45, 7) is -0.308. The van der Waals surface area contributed by atoms with Gasteiger partial charge in [-0.25, -0.2) is 14.2 Å². The minimum atomic E-state index is -0.744. The lowest BCUT2D eigenvalue weighted by Gasteiger charge is -2.12. The lowest BCUT2D eigenvalue weighted by molar-refractivity contribution is 0.0464. The lowest BCUT2D eigenvalue weighted by atomic mass is 10.2. The number of nitrogens with one attached hydrogen (secondary N) is 1. The minimum absolute atomic E-state index is 0.0145. The van der Waals surface area contributed by atoms with Gasteiger partial charge in [-0.15, -0.1) is 0 Å². The molecule has 9 heteroatoms. The first-order valence-corrected chi connectivity index (χ1v) is 8.77. The number of methoxy groups -OCH3 is 2. The summed E-state index contributed by atoms with van der Waals surface area (Å²) in [7, 11) is 2.99. The van der Waals surface area contributed by atoms with Gasteiger partial charge >= 0.3 is 5.97 Å². The maximum absolute atomic E-state index is 13.3. The van der Waals surface area contributed by atoms with Crippen molar-refractivity contribution in [3.8, 4) is 11.5 Å². The number of rotatable bonds is 7. The van der Waals surface area contributed by atoms with E-state index in [1.807, 2.05) is 0 Å². The Labute approximate surface area is 171 Å². The zero-order valence-corrected chi connectivity index (χ0v) is 16.2. The molecule has 2 aromatic carbocycles. The van der Waals surface area contributed by atoms with E-state index in [-0.39, 0.29) is 23.6 Å². The normalized spacial score (nSPS) is 10.2. The molecule has 0 fully saturated rings. The van der Waals surface area contributed by atoms with Crippen molar-refractivity contribution in [3.63, 3.8) is 0 Å². The number of benzene rings is 2. The van der Waals surface area contributed by atoms with Gasteiger partial charge in [0, 0.05) is 24.1 Å². The highest BCUT2D eigenvalue weighted by molar-refractivity contribution is 6.03. The number of nitrogens with zero attached hydrogens (tertiary/aromatic N) is 2. The molecule has 0 radical (unpaired) electrons. The second-order valence-electron chi connectivity index (χ2n) is 5.96. The second-order valence-corrected chi connectivity index (χ2v) is 5.96. The molecule has 3 rings (SSSR count). The van der Waals surface area contributed by atoms with Crippen molar-refractivity contribution >= 4 is 17.6 Å². The van der Waals surface area contributed by atoms with E-state index >= 15 is 0 Å². The van der Waals surface area contributed by atoms with Gasteiger partial charge in [0.1, 0.15) is 18.1 Å². The Kier molecular flexibility index (Phi) is 6.53. The fourth-order valence-corrected chi connectivity index (χ4v) is 2.60. The van der Waals surface area contributed by atoms with Crippen LogP contribution in [-0.4, -0.2) is 36.1 Å². The molecule has 0 aliphatic carbocycles. The van der Waals surface area contributed by atoms with Gasteiger partial charge in [0.15, 0.2) is 17.2 Å². The van der Waals surface area contributed by atoms with E-state index in [1.54, 1.807) is 18.2 Å². The molecule has 0 aliphatic heterocycles. The van der Waals surface area contributed by atoms with E-state index in [4.69, 9.17) is 14.2 Å². The van der Waals surface area contributed by atoms with Crippen LogP contribution >= 0.6 is 0 Å².